The van der Waals surface area contributed by atoms with Gasteiger partial charge in [-0.3, -0.25) is 0 Å². The molecular weight excluding hydrogens is 546 g/mol. The Morgan fingerprint density at radius 3 is 2.33 bits per heavy atom. The van der Waals surface area contributed by atoms with Crippen LogP contribution in [-0.4, -0.2) is 134 Å². The van der Waals surface area contributed by atoms with Gasteiger partial charge in [-0.2, -0.15) is 0 Å². The largest absolute Gasteiger partial charge is 0.455 e. The maximum Gasteiger partial charge on any atom is 0.338 e. The number of ether oxygens (including phenoxy) is 5. The number of rotatable bonds is 7. The van der Waals surface area contributed by atoms with Gasteiger partial charge in [0.1, 0.15) is 29.5 Å². The molecule has 0 aromatic heterocycles. The van der Waals surface area contributed by atoms with Crippen LogP contribution in [0, 0.1) is 34.5 Å². The number of esters is 1. The molecule has 7 unspecified atom stereocenters. The summed E-state index contributed by atoms with van der Waals surface area (Å²) >= 11 is 0. The van der Waals surface area contributed by atoms with E-state index in [4.69, 9.17) is 23.7 Å². The highest BCUT2D eigenvalue weighted by atomic mass is 16.6. The van der Waals surface area contributed by atoms with Gasteiger partial charge in [0.05, 0.1) is 30.5 Å². The second kappa shape index (κ2) is 9.42. The Bertz CT molecular complexity index is 1240. The highest BCUT2D eigenvalue weighted by molar-refractivity contribution is 5.89. The van der Waals surface area contributed by atoms with Crippen LogP contribution in [0.5, 0.6) is 0 Å². The molecule has 4 N–H and O–H groups in total. The van der Waals surface area contributed by atoms with Crippen molar-refractivity contribution in [1.29, 1.82) is 0 Å². The van der Waals surface area contributed by atoms with E-state index < -0.39 is 82.4 Å². The van der Waals surface area contributed by atoms with Crippen LogP contribution in [0.15, 0.2) is 30.3 Å². The van der Waals surface area contributed by atoms with Crippen LogP contribution >= 0.6 is 0 Å². The molecule has 1 spiro atoms. The molecular formula is C31H43NO10. The number of methoxy groups -OCH3 is 4. The molecule has 11 heteroatoms. The van der Waals surface area contributed by atoms with Crippen molar-refractivity contribution in [3.8, 4) is 0 Å². The molecule has 1 aliphatic heterocycles. The molecule has 0 radical (unpaired) electrons. The van der Waals surface area contributed by atoms with E-state index in [1.807, 2.05) is 7.05 Å². The van der Waals surface area contributed by atoms with Gasteiger partial charge in [0.15, 0.2) is 0 Å². The zero-order valence-corrected chi connectivity index (χ0v) is 24.8. The van der Waals surface area contributed by atoms with E-state index in [1.54, 1.807) is 51.7 Å². The average Bonchev–Trinajstić information content (AvgIpc) is 3.37. The normalized spacial score (nSPS) is 53.7. The fourth-order valence-corrected chi connectivity index (χ4v) is 11.8. The van der Waals surface area contributed by atoms with Gasteiger partial charge in [0, 0.05) is 76.0 Å². The smallest absolute Gasteiger partial charge is 0.338 e. The molecule has 6 fully saturated rings. The Morgan fingerprint density at radius 2 is 1.71 bits per heavy atom. The third kappa shape index (κ3) is 3.05. The van der Waals surface area contributed by atoms with Gasteiger partial charge in [0.2, 0.25) is 0 Å². The standard InChI is InChI=1S/C31H43NO10/c1-32-13-28(14-38-2)17(33)11-18(39-3)30-16-12-29(36)25(42-27(35)15-9-7-6-8-10-15)19(16)31(37,24(34)26(29)41-5)20(23(30)32)21(40-4)22(28)30/h6-10,16-26,33-34,36-37H,11-14H2,1-5H3/t16?,17-,18+,19?,20?,21?,22?,23?,24+,25?,26+,28+,29-,30+,31-/m1/s1. The number of piperidine rings is 1. The SMILES string of the molecule is COC[C@]12CN(C)C3C4C(OC)C1[C@]3(C1C[C@@]3(O)C(OC(=O)c5ccccc5)C1[C@]4(O)[C@@H](O)[C@@H]3OC)[C@@H](OC)C[C@H]2O. The second-order valence-corrected chi connectivity index (χ2v) is 13.7. The quantitative estimate of drug-likeness (QED) is 0.311. The van der Waals surface area contributed by atoms with E-state index in [-0.39, 0.29) is 25.0 Å². The highest BCUT2D eigenvalue weighted by Crippen LogP contribution is 2.80. The van der Waals surface area contributed by atoms with E-state index in [9.17, 15) is 25.2 Å². The molecule has 1 saturated heterocycles. The molecule has 15 atom stereocenters. The van der Waals surface area contributed by atoms with Gasteiger partial charge >= 0.3 is 5.97 Å². The molecule has 5 aliphatic carbocycles. The summed E-state index contributed by atoms with van der Waals surface area (Å²) in [6.07, 6.45) is -5.28. The minimum Gasteiger partial charge on any atom is -0.455 e. The number of benzene rings is 1. The van der Waals surface area contributed by atoms with E-state index >= 15 is 0 Å². The van der Waals surface area contributed by atoms with Gasteiger partial charge in [-0.05, 0) is 31.5 Å². The van der Waals surface area contributed by atoms with Gasteiger partial charge in [-0.15, -0.1) is 0 Å². The van der Waals surface area contributed by atoms with E-state index in [0.717, 1.165) is 0 Å². The first kappa shape index (κ1) is 29.1. The summed E-state index contributed by atoms with van der Waals surface area (Å²) in [7, 11) is 8.22. The van der Waals surface area contributed by atoms with Gasteiger partial charge in [-0.25, -0.2) is 4.79 Å². The molecule has 7 bridgehead atoms. The molecule has 0 amide bonds. The van der Waals surface area contributed by atoms with Gasteiger partial charge in [-0.1, -0.05) is 18.2 Å². The third-order valence-corrected chi connectivity index (χ3v) is 12.6. The Kier molecular flexibility index (Phi) is 6.52. The first-order chi connectivity index (χ1) is 20.0. The lowest BCUT2D eigenvalue weighted by Gasteiger charge is -2.69. The first-order valence-corrected chi connectivity index (χ1v) is 14.9. The highest BCUT2D eigenvalue weighted by Gasteiger charge is 2.91. The molecule has 1 aromatic rings. The molecule has 6 aliphatic rings. The minimum absolute atomic E-state index is 0.102. The topological polar surface area (TPSA) is 147 Å². The molecule has 1 aromatic carbocycles. The zero-order chi connectivity index (χ0) is 30.0. The number of likely N-dealkylation sites (tertiary alicyclic amines) is 1. The van der Waals surface area contributed by atoms with Crippen LogP contribution in [0.25, 0.3) is 0 Å². The molecule has 11 nitrogen and oxygen atoms in total. The number of carbonyl (C=O) groups excluding carboxylic acids is 1. The zero-order valence-electron chi connectivity index (χ0n) is 24.8. The molecule has 1 heterocycles. The van der Waals surface area contributed by atoms with Gasteiger partial charge < -0.3 is 49.0 Å². The Morgan fingerprint density at radius 1 is 1.00 bits per heavy atom. The van der Waals surface area contributed by atoms with Gasteiger partial charge in [0.25, 0.3) is 0 Å². The minimum atomic E-state index is -1.86. The predicted molar refractivity (Wildman–Crippen MR) is 146 cm³/mol. The van der Waals surface area contributed by atoms with Crippen LogP contribution in [0.2, 0.25) is 0 Å². The third-order valence-electron chi connectivity index (χ3n) is 12.6. The van der Waals surface area contributed by atoms with E-state index in [1.165, 1.54) is 7.11 Å². The van der Waals surface area contributed by atoms with Crippen molar-refractivity contribution in [3.05, 3.63) is 35.9 Å². The Labute approximate surface area is 245 Å². The summed E-state index contributed by atoms with van der Waals surface area (Å²) in [5, 5.41) is 49.4. The first-order valence-electron chi connectivity index (χ1n) is 14.9. The van der Waals surface area contributed by atoms with Crippen LogP contribution < -0.4 is 0 Å². The summed E-state index contributed by atoms with van der Waals surface area (Å²) < 4.78 is 30.3. The van der Waals surface area contributed by atoms with Crippen molar-refractivity contribution >= 4 is 5.97 Å². The Balaban J connectivity index is 1.47. The maximum absolute atomic E-state index is 13.5. The number of aliphatic hydroxyl groups is 4. The fourth-order valence-electron chi connectivity index (χ4n) is 11.8. The number of hydrogen-bond acceptors (Lipinski definition) is 11. The van der Waals surface area contributed by atoms with Crippen molar-refractivity contribution in [2.24, 2.45) is 34.5 Å². The summed E-state index contributed by atoms with van der Waals surface area (Å²) in [4.78, 5) is 15.7. The number of nitrogens with zero attached hydrogens (tertiary/aromatic N) is 1. The van der Waals surface area contributed by atoms with E-state index in [0.29, 0.717) is 18.5 Å². The number of hydrogen-bond donors (Lipinski definition) is 4. The molecule has 5 saturated carbocycles. The van der Waals surface area contributed by atoms with Crippen LogP contribution in [0.3, 0.4) is 0 Å². The monoisotopic (exact) mass is 589 g/mol. The number of carbonyl (C=O) groups is 1. The summed E-state index contributed by atoms with van der Waals surface area (Å²) in [6, 6.07) is 8.22. The molecule has 7 rings (SSSR count). The van der Waals surface area contributed by atoms with Crippen molar-refractivity contribution < 1.29 is 48.9 Å². The van der Waals surface area contributed by atoms with Crippen molar-refractivity contribution in [3.63, 3.8) is 0 Å². The summed E-state index contributed by atoms with van der Waals surface area (Å²) in [5.41, 5.74) is -4.81. The van der Waals surface area contributed by atoms with Crippen molar-refractivity contribution in [1.82, 2.24) is 4.90 Å². The Hall–Kier alpha value is -1.67. The maximum atomic E-state index is 13.5. The lowest BCUT2D eigenvalue weighted by Crippen LogP contribution is -2.80. The fraction of sp³-hybridized carbons (Fsp3) is 0.774. The number of aliphatic hydroxyl groups excluding tert-OH is 2. The number of fused-ring (bicyclic) bond motifs is 2. The van der Waals surface area contributed by atoms with Crippen LogP contribution in [0.4, 0.5) is 0 Å². The molecule has 42 heavy (non-hydrogen) atoms. The molecule has 232 valence electrons. The summed E-state index contributed by atoms with van der Waals surface area (Å²) in [6.45, 7) is 0.760. The predicted octanol–water partition coefficient (Wildman–Crippen LogP) is -0.313. The van der Waals surface area contributed by atoms with Crippen LogP contribution in [-0.2, 0) is 23.7 Å². The van der Waals surface area contributed by atoms with E-state index in [2.05, 4.69) is 4.90 Å². The average molecular weight is 590 g/mol. The summed E-state index contributed by atoms with van der Waals surface area (Å²) in [5.74, 6) is -2.96. The lowest BCUT2D eigenvalue weighted by atomic mass is 9.42. The lowest BCUT2D eigenvalue weighted by molar-refractivity contribution is -0.318. The van der Waals surface area contributed by atoms with Crippen LogP contribution in [0.1, 0.15) is 23.2 Å². The van der Waals surface area contributed by atoms with Crippen molar-refractivity contribution in [2.45, 2.75) is 66.7 Å². The van der Waals surface area contributed by atoms with Crippen molar-refractivity contribution in [2.75, 3.05) is 48.6 Å². The second-order valence-electron chi connectivity index (χ2n) is 13.7.